The Morgan fingerprint density at radius 3 is 2.57 bits per heavy atom. The average molecular weight is 339 g/mol. The van der Waals surface area contributed by atoms with Gasteiger partial charge in [-0.2, -0.15) is 0 Å². The molecule has 3 rings (SSSR count). The van der Waals surface area contributed by atoms with Crippen LogP contribution in [0.15, 0.2) is 12.1 Å². The van der Waals surface area contributed by atoms with Crippen LogP contribution < -0.4 is 9.47 Å². The fraction of sp³-hybridized carbons (Fsp3) is 0.667. The SMILES string of the molecule is COc1cc2c(cc1OC)CN(C1CCCN(CCCl)C1)CC2. The van der Waals surface area contributed by atoms with Crippen molar-refractivity contribution in [2.45, 2.75) is 31.8 Å². The molecule has 4 nitrogen and oxygen atoms in total. The molecule has 1 unspecified atom stereocenters. The van der Waals surface area contributed by atoms with Gasteiger partial charge in [0.1, 0.15) is 0 Å². The molecule has 1 saturated heterocycles. The van der Waals surface area contributed by atoms with Gasteiger partial charge >= 0.3 is 0 Å². The minimum Gasteiger partial charge on any atom is -0.493 e. The van der Waals surface area contributed by atoms with Gasteiger partial charge in [-0.3, -0.25) is 4.90 Å². The lowest BCUT2D eigenvalue weighted by Crippen LogP contribution is -2.49. The smallest absolute Gasteiger partial charge is 0.161 e. The molecule has 2 aliphatic rings. The normalized spacial score (nSPS) is 22.7. The van der Waals surface area contributed by atoms with Crippen LogP contribution in [-0.4, -0.2) is 62.1 Å². The lowest BCUT2D eigenvalue weighted by atomic mass is 9.95. The molecule has 5 heteroatoms. The number of ether oxygens (including phenoxy) is 2. The summed E-state index contributed by atoms with van der Waals surface area (Å²) in [6.45, 7) is 5.48. The molecule has 128 valence electrons. The van der Waals surface area contributed by atoms with E-state index in [1.807, 2.05) is 0 Å². The van der Waals surface area contributed by atoms with Gasteiger partial charge in [-0.05, 0) is 49.1 Å². The highest BCUT2D eigenvalue weighted by Gasteiger charge is 2.28. The summed E-state index contributed by atoms with van der Waals surface area (Å²) in [4.78, 5) is 5.14. The number of piperidine rings is 1. The van der Waals surface area contributed by atoms with Gasteiger partial charge in [0, 0.05) is 38.1 Å². The number of likely N-dealkylation sites (tertiary alicyclic amines) is 1. The van der Waals surface area contributed by atoms with Gasteiger partial charge in [-0.1, -0.05) is 0 Å². The topological polar surface area (TPSA) is 24.9 Å². The molecule has 0 radical (unpaired) electrons. The van der Waals surface area contributed by atoms with E-state index in [4.69, 9.17) is 21.1 Å². The predicted octanol–water partition coefficient (Wildman–Crippen LogP) is 2.77. The van der Waals surface area contributed by atoms with Gasteiger partial charge < -0.3 is 14.4 Å². The molecule has 0 spiro atoms. The standard InChI is InChI=1S/C18H27ClN2O2/c1-22-17-10-14-5-8-21(12-15(14)11-18(17)23-2)16-4-3-7-20(13-16)9-6-19/h10-11,16H,3-9,12-13H2,1-2H3. The van der Waals surface area contributed by atoms with E-state index >= 15 is 0 Å². The lowest BCUT2D eigenvalue weighted by Gasteiger charge is -2.41. The van der Waals surface area contributed by atoms with Crippen LogP contribution in [0.3, 0.4) is 0 Å². The van der Waals surface area contributed by atoms with E-state index in [9.17, 15) is 0 Å². The molecular weight excluding hydrogens is 312 g/mol. The monoisotopic (exact) mass is 338 g/mol. The van der Waals surface area contributed by atoms with Crippen LogP contribution >= 0.6 is 11.6 Å². The number of alkyl halides is 1. The Kier molecular flexibility index (Phi) is 5.67. The number of hydrogen-bond donors (Lipinski definition) is 0. The Bertz CT molecular complexity index is 536. The van der Waals surface area contributed by atoms with Gasteiger partial charge in [0.25, 0.3) is 0 Å². The van der Waals surface area contributed by atoms with Crippen LogP contribution in [0.2, 0.25) is 0 Å². The Morgan fingerprint density at radius 2 is 1.87 bits per heavy atom. The lowest BCUT2D eigenvalue weighted by molar-refractivity contribution is 0.0908. The van der Waals surface area contributed by atoms with E-state index in [2.05, 4.69) is 21.9 Å². The zero-order valence-corrected chi connectivity index (χ0v) is 14.9. The third kappa shape index (κ3) is 3.76. The number of methoxy groups -OCH3 is 2. The summed E-state index contributed by atoms with van der Waals surface area (Å²) >= 11 is 5.92. The van der Waals surface area contributed by atoms with Gasteiger partial charge in [0.05, 0.1) is 14.2 Å². The first-order valence-corrected chi connectivity index (χ1v) is 9.04. The number of fused-ring (bicyclic) bond motifs is 1. The molecule has 0 bridgehead atoms. The summed E-state index contributed by atoms with van der Waals surface area (Å²) in [6.07, 6.45) is 3.65. The van der Waals surface area contributed by atoms with Gasteiger partial charge in [0.15, 0.2) is 11.5 Å². The van der Waals surface area contributed by atoms with Crippen LogP contribution in [0.1, 0.15) is 24.0 Å². The molecule has 0 aliphatic carbocycles. The van der Waals surface area contributed by atoms with E-state index in [-0.39, 0.29) is 0 Å². The molecule has 2 heterocycles. The van der Waals surface area contributed by atoms with Crippen LogP contribution in [0, 0.1) is 0 Å². The summed E-state index contributed by atoms with van der Waals surface area (Å²) in [5, 5.41) is 0. The third-order valence-electron chi connectivity index (χ3n) is 5.15. The maximum atomic E-state index is 5.92. The number of rotatable bonds is 5. The molecule has 23 heavy (non-hydrogen) atoms. The molecular formula is C18H27ClN2O2. The summed E-state index contributed by atoms with van der Waals surface area (Å²) < 4.78 is 10.9. The first-order valence-electron chi connectivity index (χ1n) is 8.51. The van der Waals surface area contributed by atoms with E-state index in [1.165, 1.54) is 30.5 Å². The largest absolute Gasteiger partial charge is 0.493 e. The number of nitrogens with zero attached hydrogens (tertiary/aromatic N) is 2. The average Bonchev–Trinajstić information content (AvgIpc) is 2.60. The first kappa shape index (κ1) is 16.9. The molecule has 1 aromatic carbocycles. The fourth-order valence-electron chi connectivity index (χ4n) is 3.87. The van der Waals surface area contributed by atoms with Crippen LogP contribution in [-0.2, 0) is 13.0 Å². The van der Waals surface area contributed by atoms with E-state index in [0.717, 1.165) is 50.0 Å². The van der Waals surface area contributed by atoms with Crippen molar-refractivity contribution in [3.63, 3.8) is 0 Å². The van der Waals surface area contributed by atoms with E-state index < -0.39 is 0 Å². The third-order valence-corrected chi connectivity index (χ3v) is 5.31. The maximum Gasteiger partial charge on any atom is 0.161 e. The van der Waals surface area contributed by atoms with Crippen LogP contribution in [0.25, 0.3) is 0 Å². The molecule has 1 atom stereocenters. The van der Waals surface area contributed by atoms with Gasteiger partial charge in [0.2, 0.25) is 0 Å². The van der Waals surface area contributed by atoms with Crippen molar-refractivity contribution in [3.8, 4) is 11.5 Å². The minimum atomic E-state index is 0.646. The zero-order valence-electron chi connectivity index (χ0n) is 14.2. The number of benzene rings is 1. The Balaban J connectivity index is 1.72. The Morgan fingerprint density at radius 1 is 1.13 bits per heavy atom. The van der Waals surface area contributed by atoms with Crippen LogP contribution in [0.5, 0.6) is 11.5 Å². The summed E-state index contributed by atoms with van der Waals surface area (Å²) in [5.74, 6) is 2.40. The van der Waals surface area contributed by atoms with Gasteiger partial charge in [-0.25, -0.2) is 0 Å². The van der Waals surface area contributed by atoms with Crippen molar-refractivity contribution in [2.75, 3.05) is 46.3 Å². The second kappa shape index (κ2) is 7.73. The van der Waals surface area contributed by atoms with Crippen molar-refractivity contribution < 1.29 is 9.47 Å². The number of halogens is 1. The summed E-state index contributed by atoms with van der Waals surface area (Å²) in [6, 6.07) is 4.94. The molecule has 1 fully saturated rings. The Hall–Kier alpha value is -0.970. The molecule has 0 aromatic heterocycles. The highest BCUT2D eigenvalue weighted by Crippen LogP contribution is 2.34. The maximum absolute atomic E-state index is 5.92. The fourth-order valence-corrected chi connectivity index (χ4v) is 4.11. The second-order valence-electron chi connectivity index (χ2n) is 6.48. The zero-order chi connectivity index (χ0) is 16.2. The summed E-state index contributed by atoms with van der Waals surface area (Å²) in [5.41, 5.74) is 2.77. The summed E-state index contributed by atoms with van der Waals surface area (Å²) in [7, 11) is 3.41. The molecule has 1 aromatic rings. The Labute approximate surface area is 144 Å². The molecule has 0 saturated carbocycles. The minimum absolute atomic E-state index is 0.646. The highest BCUT2D eigenvalue weighted by atomic mass is 35.5. The molecule has 0 N–H and O–H groups in total. The van der Waals surface area contributed by atoms with Crippen LogP contribution in [0.4, 0.5) is 0 Å². The van der Waals surface area contributed by atoms with E-state index in [1.54, 1.807) is 14.2 Å². The van der Waals surface area contributed by atoms with Crippen molar-refractivity contribution >= 4 is 11.6 Å². The van der Waals surface area contributed by atoms with Crippen molar-refractivity contribution in [2.24, 2.45) is 0 Å². The van der Waals surface area contributed by atoms with E-state index in [0.29, 0.717) is 6.04 Å². The van der Waals surface area contributed by atoms with Crippen molar-refractivity contribution in [1.82, 2.24) is 9.80 Å². The predicted molar refractivity (Wildman–Crippen MR) is 93.8 cm³/mol. The molecule has 0 amide bonds. The number of hydrogen-bond acceptors (Lipinski definition) is 4. The quantitative estimate of drug-likeness (QED) is 0.771. The highest BCUT2D eigenvalue weighted by molar-refractivity contribution is 6.18. The second-order valence-corrected chi connectivity index (χ2v) is 6.86. The van der Waals surface area contributed by atoms with Crippen molar-refractivity contribution in [1.29, 1.82) is 0 Å². The molecule has 2 aliphatic heterocycles. The first-order chi connectivity index (χ1) is 11.2. The van der Waals surface area contributed by atoms with Gasteiger partial charge in [-0.15, -0.1) is 11.6 Å². The van der Waals surface area contributed by atoms with Crippen molar-refractivity contribution in [3.05, 3.63) is 23.3 Å².